The number of hydrogen-bond donors (Lipinski definition) is 1. The van der Waals surface area contributed by atoms with Crippen LogP contribution in [0.25, 0.3) is 11.3 Å². The number of amides is 1. The number of imidazole rings is 1. The predicted molar refractivity (Wildman–Crippen MR) is 121 cm³/mol. The number of hydrogen-bond acceptors (Lipinski definition) is 4. The number of rotatable bonds is 4. The molecule has 0 saturated heterocycles. The first-order chi connectivity index (χ1) is 15.1. The number of nitrogens with zero attached hydrogens (tertiary/aromatic N) is 4. The molecule has 0 unspecified atom stereocenters. The zero-order valence-corrected chi connectivity index (χ0v) is 18.8. The SMILES string of the molecule is CN(c1ccc(Cl)c(F)c1)c1c(-c2ccc(F)cc2)nc2n1CCN(C(=O)C(C)(C)N)C2. The second kappa shape index (κ2) is 8.18. The first kappa shape index (κ1) is 22.2. The maximum Gasteiger partial charge on any atom is 0.242 e. The van der Waals surface area contributed by atoms with Crippen molar-refractivity contribution in [1.82, 2.24) is 14.5 Å². The van der Waals surface area contributed by atoms with Crippen LogP contribution in [0.5, 0.6) is 0 Å². The number of halogens is 3. The van der Waals surface area contributed by atoms with Gasteiger partial charge in [0.05, 0.1) is 17.1 Å². The number of anilines is 2. The van der Waals surface area contributed by atoms with Crippen molar-refractivity contribution in [3.63, 3.8) is 0 Å². The minimum absolute atomic E-state index is 0.0368. The molecule has 0 aliphatic carbocycles. The van der Waals surface area contributed by atoms with E-state index in [1.807, 2.05) is 9.47 Å². The number of carbonyl (C=O) groups excluding carboxylic acids is 1. The van der Waals surface area contributed by atoms with Crippen LogP contribution in [0.15, 0.2) is 42.5 Å². The highest BCUT2D eigenvalue weighted by atomic mass is 35.5. The summed E-state index contributed by atoms with van der Waals surface area (Å²) in [5, 5.41) is 0.0368. The van der Waals surface area contributed by atoms with Crippen LogP contribution in [0, 0.1) is 11.6 Å². The zero-order valence-electron chi connectivity index (χ0n) is 18.1. The van der Waals surface area contributed by atoms with Crippen LogP contribution in [-0.4, -0.2) is 39.5 Å². The quantitative estimate of drug-likeness (QED) is 0.630. The van der Waals surface area contributed by atoms with Crippen LogP contribution in [-0.2, 0) is 17.9 Å². The van der Waals surface area contributed by atoms with E-state index in [0.29, 0.717) is 41.7 Å². The van der Waals surface area contributed by atoms with Crippen LogP contribution in [0.4, 0.5) is 20.3 Å². The van der Waals surface area contributed by atoms with Crippen LogP contribution in [0.3, 0.4) is 0 Å². The molecule has 4 rings (SSSR count). The Hall–Kier alpha value is -2.97. The van der Waals surface area contributed by atoms with Gasteiger partial charge in [0, 0.05) is 31.4 Å². The Bertz CT molecular complexity index is 1170. The smallest absolute Gasteiger partial charge is 0.242 e. The Morgan fingerprint density at radius 2 is 1.84 bits per heavy atom. The summed E-state index contributed by atoms with van der Waals surface area (Å²) in [7, 11) is 1.81. The summed E-state index contributed by atoms with van der Waals surface area (Å²) < 4.78 is 29.7. The monoisotopic (exact) mass is 459 g/mol. The van der Waals surface area contributed by atoms with Gasteiger partial charge < -0.3 is 20.1 Å². The fraction of sp³-hybridized carbons (Fsp3) is 0.304. The molecule has 0 radical (unpaired) electrons. The van der Waals surface area contributed by atoms with Crippen molar-refractivity contribution in [3.05, 3.63) is 64.9 Å². The second-order valence-electron chi connectivity index (χ2n) is 8.46. The molecule has 0 atom stereocenters. The highest BCUT2D eigenvalue weighted by molar-refractivity contribution is 6.30. The third-order valence-electron chi connectivity index (χ3n) is 5.51. The minimum Gasteiger partial charge on any atom is -0.332 e. The van der Waals surface area contributed by atoms with Gasteiger partial charge in [0.25, 0.3) is 0 Å². The summed E-state index contributed by atoms with van der Waals surface area (Å²) in [6, 6.07) is 10.6. The minimum atomic E-state index is -0.991. The molecule has 1 aliphatic rings. The third kappa shape index (κ3) is 4.08. The average Bonchev–Trinajstić information content (AvgIpc) is 3.13. The Morgan fingerprint density at radius 3 is 2.47 bits per heavy atom. The molecule has 0 saturated carbocycles. The summed E-state index contributed by atoms with van der Waals surface area (Å²) in [6.45, 7) is 4.59. The highest BCUT2D eigenvalue weighted by Crippen LogP contribution is 2.37. The van der Waals surface area contributed by atoms with Crippen molar-refractivity contribution in [2.75, 3.05) is 18.5 Å². The molecule has 1 aliphatic heterocycles. The molecule has 1 amide bonds. The normalized spacial score (nSPS) is 13.8. The molecule has 6 nitrogen and oxygen atoms in total. The van der Waals surface area contributed by atoms with Crippen molar-refractivity contribution in [3.8, 4) is 11.3 Å². The van der Waals surface area contributed by atoms with E-state index >= 15 is 0 Å². The number of aromatic nitrogens is 2. The second-order valence-corrected chi connectivity index (χ2v) is 8.87. The maximum atomic E-state index is 14.2. The summed E-state index contributed by atoms with van der Waals surface area (Å²) in [5.41, 5.74) is 6.92. The van der Waals surface area contributed by atoms with E-state index in [1.165, 1.54) is 24.3 Å². The van der Waals surface area contributed by atoms with Crippen molar-refractivity contribution >= 4 is 29.0 Å². The molecule has 2 aromatic carbocycles. The summed E-state index contributed by atoms with van der Waals surface area (Å²) in [5.74, 6) is 0.343. The van der Waals surface area contributed by atoms with Gasteiger partial charge in [-0.05, 0) is 56.3 Å². The molecular formula is C23H24ClF2N5O. The van der Waals surface area contributed by atoms with Gasteiger partial charge in [-0.2, -0.15) is 0 Å². The molecule has 2 N–H and O–H groups in total. The van der Waals surface area contributed by atoms with Crippen molar-refractivity contribution < 1.29 is 13.6 Å². The Labute approximate surface area is 190 Å². The summed E-state index contributed by atoms with van der Waals surface area (Å²) in [4.78, 5) is 21.0. The van der Waals surface area contributed by atoms with Crippen molar-refractivity contribution in [2.45, 2.75) is 32.5 Å². The average molecular weight is 460 g/mol. The number of carbonyl (C=O) groups is 1. The molecule has 3 aromatic rings. The Balaban J connectivity index is 1.81. The third-order valence-corrected chi connectivity index (χ3v) is 5.82. The fourth-order valence-electron chi connectivity index (χ4n) is 3.85. The largest absolute Gasteiger partial charge is 0.332 e. The molecule has 2 heterocycles. The molecule has 0 fully saturated rings. The molecule has 0 spiro atoms. The van der Waals surface area contributed by atoms with Crippen molar-refractivity contribution in [2.24, 2.45) is 5.73 Å². The lowest BCUT2D eigenvalue weighted by Gasteiger charge is -2.34. The summed E-state index contributed by atoms with van der Waals surface area (Å²) >= 11 is 5.86. The number of fused-ring (bicyclic) bond motifs is 1. The molecular weight excluding hydrogens is 436 g/mol. The van der Waals surface area contributed by atoms with Crippen LogP contribution >= 0.6 is 11.6 Å². The van der Waals surface area contributed by atoms with E-state index in [-0.39, 0.29) is 23.3 Å². The van der Waals surface area contributed by atoms with E-state index in [9.17, 15) is 13.6 Å². The predicted octanol–water partition coefficient (Wildman–Crippen LogP) is 4.33. The van der Waals surface area contributed by atoms with E-state index in [1.54, 1.807) is 44.0 Å². The number of nitrogens with two attached hydrogens (primary N) is 1. The lowest BCUT2D eigenvalue weighted by atomic mass is 10.1. The van der Waals surface area contributed by atoms with Crippen LogP contribution < -0.4 is 10.6 Å². The maximum absolute atomic E-state index is 14.2. The van der Waals surface area contributed by atoms with Gasteiger partial charge in [-0.15, -0.1) is 0 Å². The lowest BCUT2D eigenvalue weighted by molar-refractivity contribution is -0.137. The van der Waals surface area contributed by atoms with Crippen molar-refractivity contribution in [1.29, 1.82) is 0 Å². The van der Waals surface area contributed by atoms with E-state index in [2.05, 4.69) is 0 Å². The van der Waals surface area contributed by atoms with Gasteiger partial charge >= 0.3 is 0 Å². The lowest BCUT2D eigenvalue weighted by Crippen LogP contribution is -2.53. The fourth-order valence-corrected chi connectivity index (χ4v) is 3.97. The van der Waals surface area contributed by atoms with Gasteiger partial charge in [-0.1, -0.05) is 11.6 Å². The van der Waals surface area contributed by atoms with Crippen LogP contribution in [0.2, 0.25) is 5.02 Å². The zero-order chi connectivity index (χ0) is 23.2. The van der Waals surface area contributed by atoms with Gasteiger partial charge in [-0.25, -0.2) is 13.8 Å². The first-order valence-electron chi connectivity index (χ1n) is 10.2. The first-order valence-corrected chi connectivity index (χ1v) is 10.6. The van der Waals surface area contributed by atoms with Crippen LogP contribution in [0.1, 0.15) is 19.7 Å². The Morgan fingerprint density at radius 1 is 1.16 bits per heavy atom. The molecule has 0 bridgehead atoms. The summed E-state index contributed by atoms with van der Waals surface area (Å²) in [6.07, 6.45) is 0. The topological polar surface area (TPSA) is 67.4 Å². The molecule has 1 aromatic heterocycles. The Kier molecular flexibility index (Phi) is 5.68. The van der Waals surface area contributed by atoms with E-state index < -0.39 is 11.4 Å². The van der Waals surface area contributed by atoms with Gasteiger partial charge in [0.2, 0.25) is 5.91 Å². The van der Waals surface area contributed by atoms with Gasteiger partial charge in [0.1, 0.15) is 29.0 Å². The molecule has 9 heteroatoms. The van der Waals surface area contributed by atoms with Gasteiger partial charge in [-0.3, -0.25) is 4.79 Å². The van der Waals surface area contributed by atoms with Gasteiger partial charge in [0.15, 0.2) is 0 Å². The molecule has 168 valence electrons. The number of benzene rings is 2. The highest BCUT2D eigenvalue weighted by Gasteiger charge is 2.33. The van der Waals surface area contributed by atoms with E-state index in [0.717, 1.165) is 0 Å². The standard InChI is InChI=1S/C23H24ClF2N5O/c1-23(2,27)22(32)30-10-11-31-19(13-30)28-20(14-4-6-15(25)7-5-14)21(31)29(3)16-8-9-17(24)18(26)12-16/h4-9,12H,10-11,13,27H2,1-3H3. The van der Waals surface area contributed by atoms with E-state index in [4.69, 9.17) is 22.3 Å². The molecule has 32 heavy (non-hydrogen) atoms.